The summed E-state index contributed by atoms with van der Waals surface area (Å²) in [5.41, 5.74) is 1.29. The third kappa shape index (κ3) is 2.08. The number of hydrogen-bond acceptors (Lipinski definition) is 3. The van der Waals surface area contributed by atoms with E-state index in [9.17, 15) is 4.79 Å². The number of fused-ring (bicyclic) bond motifs is 1. The van der Waals surface area contributed by atoms with Crippen LogP contribution in [0.15, 0.2) is 48.9 Å². The number of para-hydroxylation sites is 1. The number of carbonyl (C=O) groups is 1. The number of hydrogen-bond donors (Lipinski definition) is 0. The van der Waals surface area contributed by atoms with Crippen molar-refractivity contribution in [3.8, 4) is 0 Å². The van der Waals surface area contributed by atoms with E-state index in [2.05, 4.69) is 11.6 Å². The molecule has 0 aliphatic heterocycles. The van der Waals surface area contributed by atoms with Gasteiger partial charge in [0.15, 0.2) is 0 Å². The first-order chi connectivity index (χ1) is 7.66. The van der Waals surface area contributed by atoms with Gasteiger partial charge in [-0.2, -0.15) is 0 Å². The molecule has 2 aromatic rings. The molecule has 1 aromatic carbocycles. The van der Waals surface area contributed by atoms with Crippen LogP contribution in [0.3, 0.4) is 0 Å². The predicted octanol–water partition coefficient (Wildman–Crippen LogP) is 2.93. The van der Waals surface area contributed by atoms with Gasteiger partial charge in [-0.3, -0.25) is 4.98 Å². The second kappa shape index (κ2) is 4.14. The highest BCUT2D eigenvalue weighted by molar-refractivity contribution is 5.94. The molecule has 0 radical (unpaired) electrons. The summed E-state index contributed by atoms with van der Waals surface area (Å²) in [4.78, 5) is 15.8. The molecule has 80 valence electrons. The number of aromatic nitrogens is 1. The Morgan fingerprint density at radius 2 is 2.12 bits per heavy atom. The highest BCUT2D eigenvalue weighted by atomic mass is 16.5. The van der Waals surface area contributed by atoms with Gasteiger partial charge >= 0.3 is 5.97 Å². The maximum absolute atomic E-state index is 11.6. The number of allylic oxidation sites excluding steroid dienone is 1. The fourth-order valence-corrected chi connectivity index (χ4v) is 1.40. The standard InChI is InChI=1S/C13H11NO2/c1-9(2)16-13(15)11-7-10-5-3-4-6-12(10)14-8-11/h3-8H,1H2,2H3. The number of ether oxygens (including phenoxy) is 1. The van der Waals surface area contributed by atoms with E-state index in [1.54, 1.807) is 13.0 Å². The molecule has 0 atom stereocenters. The van der Waals surface area contributed by atoms with Crippen LogP contribution in [0.5, 0.6) is 0 Å². The summed E-state index contributed by atoms with van der Waals surface area (Å²) in [6.07, 6.45) is 1.51. The van der Waals surface area contributed by atoms with Gasteiger partial charge in [-0.1, -0.05) is 24.8 Å². The molecule has 0 fully saturated rings. The Balaban J connectivity index is 2.39. The monoisotopic (exact) mass is 213 g/mol. The zero-order valence-corrected chi connectivity index (χ0v) is 8.93. The van der Waals surface area contributed by atoms with E-state index in [0.717, 1.165) is 10.9 Å². The molecule has 0 saturated carbocycles. The van der Waals surface area contributed by atoms with Crippen LogP contribution in [0.4, 0.5) is 0 Å². The van der Waals surface area contributed by atoms with Crippen LogP contribution in [-0.4, -0.2) is 11.0 Å². The Bertz CT molecular complexity index is 561. The summed E-state index contributed by atoms with van der Waals surface area (Å²) < 4.78 is 4.91. The Labute approximate surface area is 93.4 Å². The molecule has 0 spiro atoms. The van der Waals surface area contributed by atoms with Gasteiger partial charge in [0.2, 0.25) is 0 Å². The largest absolute Gasteiger partial charge is 0.428 e. The zero-order valence-electron chi connectivity index (χ0n) is 8.93. The van der Waals surface area contributed by atoms with Gasteiger partial charge in [0.05, 0.1) is 16.8 Å². The second-order valence-electron chi connectivity index (χ2n) is 3.51. The summed E-state index contributed by atoms with van der Waals surface area (Å²) in [5.74, 6) is -0.0519. The molecule has 0 unspecified atom stereocenters. The normalized spacial score (nSPS) is 10.1. The molecule has 3 nitrogen and oxygen atoms in total. The lowest BCUT2D eigenvalue weighted by Crippen LogP contribution is -2.03. The maximum Gasteiger partial charge on any atom is 0.344 e. The van der Waals surface area contributed by atoms with E-state index >= 15 is 0 Å². The number of nitrogens with zero attached hydrogens (tertiary/aromatic N) is 1. The maximum atomic E-state index is 11.6. The molecule has 1 heterocycles. The number of benzene rings is 1. The average molecular weight is 213 g/mol. The van der Waals surface area contributed by atoms with Crippen molar-refractivity contribution in [2.24, 2.45) is 0 Å². The first-order valence-corrected chi connectivity index (χ1v) is 4.89. The fraction of sp³-hybridized carbons (Fsp3) is 0.0769. The van der Waals surface area contributed by atoms with Gasteiger partial charge in [0.1, 0.15) is 0 Å². The summed E-state index contributed by atoms with van der Waals surface area (Å²) in [6.45, 7) is 5.15. The fourth-order valence-electron chi connectivity index (χ4n) is 1.40. The third-order valence-electron chi connectivity index (χ3n) is 2.09. The van der Waals surface area contributed by atoms with Crippen molar-refractivity contribution in [2.75, 3.05) is 0 Å². The van der Waals surface area contributed by atoms with Crippen molar-refractivity contribution < 1.29 is 9.53 Å². The second-order valence-corrected chi connectivity index (χ2v) is 3.51. The SMILES string of the molecule is C=C(C)OC(=O)c1cnc2ccccc2c1. The first kappa shape index (κ1) is 10.4. The first-order valence-electron chi connectivity index (χ1n) is 4.89. The average Bonchev–Trinajstić information content (AvgIpc) is 2.27. The summed E-state index contributed by atoms with van der Waals surface area (Å²) >= 11 is 0. The van der Waals surface area contributed by atoms with E-state index < -0.39 is 5.97 Å². The molecular weight excluding hydrogens is 202 g/mol. The Morgan fingerprint density at radius 3 is 2.88 bits per heavy atom. The van der Waals surface area contributed by atoms with Crippen LogP contribution in [-0.2, 0) is 4.74 Å². The Morgan fingerprint density at radius 1 is 1.38 bits per heavy atom. The lowest BCUT2D eigenvalue weighted by atomic mass is 10.1. The molecule has 16 heavy (non-hydrogen) atoms. The predicted molar refractivity (Wildman–Crippen MR) is 62.0 cm³/mol. The quantitative estimate of drug-likeness (QED) is 0.568. The highest BCUT2D eigenvalue weighted by Gasteiger charge is 2.08. The van der Waals surface area contributed by atoms with Crippen LogP contribution in [0, 0.1) is 0 Å². The van der Waals surface area contributed by atoms with Gasteiger partial charge in [0.25, 0.3) is 0 Å². The molecule has 0 aliphatic rings. The lowest BCUT2D eigenvalue weighted by Gasteiger charge is -2.03. The molecule has 3 heteroatoms. The molecule has 1 aromatic heterocycles. The molecule has 0 saturated heterocycles. The third-order valence-corrected chi connectivity index (χ3v) is 2.09. The summed E-state index contributed by atoms with van der Waals surface area (Å²) in [6, 6.07) is 9.36. The number of rotatable bonds is 2. The van der Waals surface area contributed by atoms with Crippen molar-refractivity contribution in [1.29, 1.82) is 0 Å². The smallest absolute Gasteiger partial charge is 0.344 e. The molecule has 0 bridgehead atoms. The number of esters is 1. The number of pyridine rings is 1. The summed E-state index contributed by atoms with van der Waals surface area (Å²) in [5, 5.41) is 0.915. The van der Waals surface area contributed by atoms with Crippen molar-refractivity contribution in [1.82, 2.24) is 4.98 Å². The van der Waals surface area contributed by atoms with Crippen molar-refractivity contribution in [3.63, 3.8) is 0 Å². The minimum atomic E-state index is -0.425. The zero-order chi connectivity index (χ0) is 11.5. The van der Waals surface area contributed by atoms with E-state index in [1.807, 2.05) is 24.3 Å². The van der Waals surface area contributed by atoms with Gasteiger partial charge < -0.3 is 4.74 Å². The minimum absolute atomic E-state index is 0.373. The Hall–Kier alpha value is -2.16. The minimum Gasteiger partial charge on any atom is -0.428 e. The van der Waals surface area contributed by atoms with Crippen molar-refractivity contribution in [3.05, 3.63) is 54.4 Å². The van der Waals surface area contributed by atoms with E-state index in [4.69, 9.17) is 4.74 Å². The van der Waals surface area contributed by atoms with E-state index in [-0.39, 0.29) is 0 Å². The molecule has 0 N–H and O–H groups in total. The van der Waals surface area contributed by atoms with Crippen LogP contribution in [0.1, 0.15) is 17.3 Å². The number of carbonyl (C=O) groups excluding carboxylic acids is 1. The van der Waals surface area contributed by atoms with Gasteiger partial charge in [0, 0.05) is 11.6 Å². The Kier molecular flexibility index (Phi) is 2.68. The van der Waals surface area contributed by atoms with Crippen molar-refractivity contribution >= 4 is 16.9 Å². The highest BCUT2D eigenvalue weighted by Crippen LogP contribution is 2.13. The van der Waals surface area contributed by atoms with Gasteiger partial charge in [-0.15, -0.1) is 0 Å². The van der Waals surface area contributed by atoms with E-state index in [0.29, 0.717) is 11.3 Å². The van der Waals surface area contributed by atoms with Crippen LogP contribution in [0.2, 0.25) is 0 Å². The van der Waals surface area contributed by atoms with Crippen molar-refractivity contribution in [2.45, 2.75) is 6.92 Å². The molecule has 0 amide bonds. The van der Waals surface area contributed by atoms with E-state index in [1.165, 1.54) is 6.20 Å². The molecular formula is C13H11NO2. The van der Waals surface area contributed by atoms with Crippen LogP contribution >= 0.6 is 0 Å². The summed E-state index contributed by atoms with van der Waals surface area (Å²) in [7, 11) is 0. The molecule has 2 rings (SSSR count). The van der Waals surface area contributed by atoms with Crippen LogP contribution in [0.25, 0.3) is 10.9 Å². The lowest BCUT2D eigenvalue weighted by molar-refractivity contribution is 0.0627. The van der Waals surface area contributed by atoms with Gasteiger partial charge in [-0.05, 0) is 19.1 Å². The van der Waals surface area contributed by atoms with Crippen LogP contribution < -0.4 is 0 Å². The van der Waals surface area contributed by atoms with Gasteiger partial charge in [-0.25, -0.2) is 4.79 Å². The topological polar surface area (TPSA) is 39.2 Å². The molecule has 0 aliphatic carbocycles.